The minimum Gasteiger partial charge on any atom is -0.444 e. The Morgan fingerprint density at radius 1 is 0.879 bits per heavy atom. The second-order valence-electron chi connectivity index (χ2n) is 8.04. The van der Waals surface area contributed by atoms with Crippen LogP contribution in [0.15, 0.2) is 30.3 Å². The molecule has 4 rings (SSSR count). The molecule has 0 saturated carbocycles. The minimum absolute atomic E-state index is 0.00339. The highest BCUT2D eigenvalue weighted by Crippen LogP contribution is 2.27. The Labute approximate surface area is 189 Å². The highest BCUT2D eigenvalue weighted by Gasteiger charge is 2.47. The van der Waals surface area contributed by atoms with Crippen molar-refractivity contribution in [3.63, 3.8) is 0 Å². The van der Waals surface area contributed by atoms with Gasteiger partial charge in [-0.05, 0) is 24.8 Å². The van der Waals surface area contributed by atoms with Gasteiger partial charge in [-0.1, -0.05) is 30.3 Å². The quantitative estimate of drug-likeness (QED) is 0.597. The Hall–Kier alpha value is -3.76. The lowest BCUT2D eigenvalue weighted by Gasteiger charge is -2.29. The first-order chi connectivity index (χ1) is 15.9. The van der Waals surface area contributed by atoms with E-state index in [1.54, 1.807) is 24.3 Å². The van der Waals surface area contributed by atoms with E-state index in [4.69, 9.17) is 9.57 Å². The second kappa shape index (κ2) is 9.39. The van der Waals surface area contributed by atoms with Gasteiger partial charge < -0.3 is 14.5 Å². The predicted molar refractivity (Wildman–Crippen MR) is 108 cm³/mol. The average Bonchev–Trinajstić information content (AvgIpc) is 3.53. The molecule has 3 fully saturated rings. The Bertz CT molecular complexity index is 979. The molecule has 0 spiro atoms. The van der Waals surface area contributed by atoms with Crippen LogP contribution in [0.25, 0.3) is 0 Å². The van der Waals surface area contributed by atoms with Crippen LogP contribution >= 0.6 is 0 Å². The molecule has 0 unspecified atom stereocenters. The molecule has 33 heavy (non-hydrogen) atoms. The summed E-state index contributed by atoms with van der Waals surface area (Å²) in [4.78, 5) is 81.3. The zero-order valence-corrected chi connectivity index (χ0v) is 17.8. The molecule has 0 aromatic heterocycles. The van der Waals surface area contributed by atoms with Crippen molar-refractivity contribution in [1.82, 2.24) is 14.9 Å². The normalized spacial score (nSPS) is 22.8. The fraction of sp³-hybridized carbons (Fsp3) is 0.455. The van der Waals surface area contributed by atoms with Gasteiger partial charge in [0, 0.05) is 25.8 Å². The van der Waals surface area contributed by atoms with E-state index in [1.807, 2.05) is 6.07 Å². The number of benzene rings is 1. The molecule has 0 radical (unpaired) electrons. The summed E-state index contributed by atoms with van der Waals surface area (Å²) in [5.41, 5.74) is 0.730. The van der Waals surface area contributed by atoms with Gasteiger partial charge in [0.1, 0.15) is 18.7 Å². The summed E-state index contributed by atoms with van der Waals surface area (Å²) in [7, 11) is 0. The number of amides is 5. The first-order valence-corrected chi connectivity index (χ1v) is 10.8. The standard InChI is InChI=1S/C22H23N3O8/c26-17-9-8-15(24(17)22(31)32-13-14-5-2-1-3-6-14)20(29)23-12-4-7-16(23)21(30)33-25-18(27)10-11-19(25)28/h1-3,5-6,15-16H,4,7-13H2/t15-,16-/m0/s1. The van der Waals surface area contributed by atoms with Crippen molar-refractivity contribution in [3.05, 3.63) is 35.9 Å². The van der Waals surface area contributed by atoms with Crippen molar-refractivity contribution < 1.29 is 38.3 Å². The summed E-state index contributed by atoms with van der Waals surface area (Å²) >= 11 is 0. The van der Waals surface area contributed by atoms with Crippen molar-refractivity contribution in [2.24, 2.45) is 0 Å². The summed E-state index contributed by atoms with van der Waals surface area (Å²) in [6.07, 6.45) is -0.123. The first kappa shape index (κ1) is 22.4. The molecule has 0 N–H and O–H groups in total. The van der Waals surface area contributed by atoms with Crippen molar-refractivity contribution in [2.75, 3.05) is 6.54 Å². The van der Waals surface area contributed by atoms with E-state index in [0.29, 0.717) is 11.5 Å². The molecule has 174 valence electrons. The number of hydrogen-bond donors (Lipinski definition) is 0. The Morgan fingerprint density at radius 3 is 2.27 bits per heavy atom. The molecule has 3 aliphatic heterocycles. The molecule has 2 atom stereocenters. The highest BCUT2D eigenvalue weighted by molar-refractivity contribution is 6.03. The van der Waals surface area contributed by atoms with Crippen LogP contribution in [0.1, 0.15) is 44.1 Å². The van der Waals surface area contributed by atoms with Crippen molar-refractivity contribution in [2.45, 2.75) is 57.2 Å². The fourth-order valence-corrected chi connectivity index (χ4v) is 4.21. The summed E-state index contributed by atoms with van der Waals surface area (Å²) in [6, 6.07) is 6.80. The Balaban J connectivity index is 1.42. The number of hydrogen-bond acceptors (Lipinski definition) is 8. The predicted octanol–water partition coefficient (Wildman–Crippen LogP) is 0.912. The monoisotopic (exact) mass is 457 g/mol. The largest absolute Gasteiger partial charge is 0.444 e. The van der Waals surface area contributed by atoms with Gasteiger partial charge in [0.15, 0.2) is 0 Å². The Kier molecular flexibility index (Phi) is 6.38. The van der Waals surface area contributed by atoms with Gasteiger partial charge in [-0.25, -0.2) is 14.5 Å². The molecule has 5 amide bonds. The van der Waals surface area contributed by atoms with Crippen LogP contribution in [0.5, 0.6) is 0 Å². The first-order valence-electron chi connectivity index (χ1n) is 10.8. The number of carbonyl (C=O) groups excluding carboxylic acids is 6. The molecule has 0 aliphatic carbocycles. The van der Waals surface area contributed by atoms with Crippen LogP contribution in [0, 0.1) is 0 Å². The maximum Gasteiger partial charge on any atom is 0.417 e. The minimum atomic E-state index is -1.09. The number of nitrogens with zero attached hydrogens (tertiary/aromatic N) is 3. The maximum absolute atomic E-state index is 13.2. The third-order valence-electron chi connectivity index (χ3n) is 5.89. The molecule has 1 aromatic carbocycles. The molecule has 1 aromatic rings. The SMILES string of the molecule is O=C(ON1C(=O)CCC1=O)[C@@H]1CCCN1C(=O)[C@@H]1CCC(=O)N1C(=O)OCc1ccccc1. The lowest BCUT2D eigenvalue weighted by Crippen LogP contribution is -2.52. The third kappa shape index (κ3) is 4.57. The van der Waals surface area contributed by atoms with Crippen molar-refractivity contribution in [1.29, 1.82) is 0 Å². The average molecular weight is 457 g/mol. The molecule has 3 heterocycles. The topological polar surface area (TPSA) is 131 Å². The summed E-state index contributed by atoms with van der Waals surface area (Å²) in [6.45, 7) is 0.166. The number of likely N-dealkylation sites (tertiary alicyclic amines) is 2. The van der Waals surface area contributed by atoms with Crippen molar-refractivity contribution in [3.8, 4) is 0 Å². The lowest BCUT2D eigenvalue weighted by molar-refractivity contribution is -0.201. The van der Waals surface area contributed by atoms with Crippen LogP contribution in [-0.2, 0) is 40.2 Å². The number of ether oxygens (including phenoxy) is 1. The van der Waals surface area contributed by atoms with Gasteiger partial charge >= 0.3 is 12.1 Å². The number of rotatable bonds is 5. The second-order valence-corrected chi connectivity index (χ2v) is 8.04. The van der Waals surface area contributed by atoms with Gasteiger partial charge in [-0.3, -0.25) is 19.2 Å². The molecule has 0 bridgehead atoms. The van der Waals surface area contributed by atoms with E-state index in [0.717, 1.165) is 10.5 Å². The summed E-state index contributed by atoms with van der Waals surface area (Å²) < 4.78 is 5.23. The van der Waals surface area contributed by atoms with Crippen LogP contribution < -0.4 is 0 Å². The Morgan fingerprint density at radius 2 is 1.58 bits per heavy atom. The molecule has 11 nitrogen and oxygen atoms in total. The number of carbonyl (C=O) groups is 6. The van der Waals surface area contributed by atoms with Crippen LogP contribution in [0.3, 0.4) is 0 Å². The molecular weight excluding hydrogens is 434 g/mol. The van der Waals surface area contributed by atoms with E-state index >= 15 is 0 Å². The highest BCUT2D eigenvalue weighted by atomic mass is 16.7. The van der Waals surface area contributed by atoms with Crippen LogP contribution in [0.2, 0.25) is 0 Å². The lowest BCUT2D eigenvalue weighted by atomic mass is 10.1. The molecule has 3 saturated heterocycles. The third-order valence-corrected chi connectivity index (χ3v) is 5.89. The van der Waals surface area contributed by atoms with Gasteiger partial charge in [0.2, 0.25) is 11.8 Å². The van der Waals surface area contributed by atoms with E-state index in [1.165, 1.54) is 4.90 Å². The molecule has 3 aliphatic rings. The van der Waals surface area contributed by atoms with Crippen LogP contribution in [-0.4, -0.2) is 69.2 Å². The molecular formula is C22H23N3O8. The summed E-state index contributed by atoms with van der Waals surface area (Å²) in [5.74, 6) is -3.23. The van der Waals surface area contributed by atoms with Gasteiger partial charge in [-0.15, -0.1) is 5.06 Å². The fourth-order valence-electron chi connectivity index (χ4n) is 4.21. The van der Waals surface area contributed by atoms with E-state index < -0.39 is 47.8 Å². The van der Waals surface area contributed by atoms with E-state index in [2.05, 4.69) is 0 Å². The van der Waals surface area contributed by atoms with E-state index in [9.17, 15) is 28.8 Å². The zero-order valence-electron chi connectivity index (χ0n) is 17.8. The van der Waals surface area contributed by atoms with Crippen molar-refractivity contribution >= 4 is 35.7 Å². The van der Waals surface area contributed by atoms with Crippen LogP contribution in [0.4, 0.5) is 4.79 Å². The smallest absolute Gasteiger partial charge is 0.417 e. The summed E-state index contributed by atoms with van der Waals surface area (Å²) in [5, 5.41) is 0.440. The number of imide groups is 2. The maximum atomic E-state index is 13.2. The van der Waals surface area contributed by atoms with Gasteiger partial charge in [0.25, 0.3) is 11.8 Å². The van der Waals surface area contributed by atoms with Gasteiger partial charge in [-0.2, -0.15) is 0 Å². The zero-order chi connectivity index (χ0) is 23.5. The van der Waals surface area contributed by atoms with Gasteiger partial charge in [0.05, 0.1) is 0 Å². The number of hydroxylamine groups is 2. The molecule has 11 heteroatoms. The van der Waals surface area contributed by atoms with E-state index in [-0.39, 0.29) is 45.3 Å².